The van der Waals surface area contributed by atoms with Gasteiger partial charge in [-0.15, -0.1) is 0 Å². The first-order chi connectivity index (χ1) is 10.1. The molecule has 110 valence electrons. The normalized spacial score (nSPS) is 15.8. The van der Waals surface area contributed by atoms with Crippen molar-refractivity contribution in [3.8, 4) is 0 Å². The molecule has 0 bridgehead atoms. The highest BCUT2D eigenvalue weighted by molar-refractivity contribution is 7.17. The zero-order valence-electron chi connectivity index (χ0n) is 12.0. The first-order valence-corrected chi connectivity index (χ1v) is 8.23. The van der Waals surface area contributed by atoms with Crippen molar-refractivity contribution in [1.82, 2.24) is 4.98 Å². The number of aromatic nitrogens is 1. The van der Waals surface area contributed by atoms with Crippen molar-refractivity contribution < 1.29 is 4.79 Å². The van der Waals surface area contributed by atoms with Crippen LogP contribution < -0.4 is 4.90 Å². The summed E-state index contributed by atoms with van der Waals surface area (Å²) >= 11 is 7.54. The Morgan fingerprint density at radius 1 is 1.48 bits per heavy atom. The molecular formula is C16H17ClN2OS. The molecule has 1 aliphatic rings. The number of hydrogen-bond donors (Lipinski definition) is 0. The lowest BCUT2D eigenvalue weighted by Crippen LogP contribution is -2.21. The SMILES string of the molecule is CC(c1cccc(Cl)c1)N(C)c1nc(C2CC2)c(C=O)s1. The van der Waals surface area contributed by atoms with E-state index in [1.807, 2.05) is 25.2 Å². The summed E-state index contributed by atoms with van der Waals surface area (Å²) in [6, 6.07) is 8.01. The summed E-state index contributed by atoms with van der Waals surface area (Å²) in [4.78, 5) is 18.8. The van der Waals surface area contributed by atoms with E-state index in [1.165, 1.54) is 11.3 Å². The Balaban J connectivity index is 1.87. The van der Waals surface area contributed by atoms with E-state index in [0.717, 1.165) is 45.4 Å². The van der Waals surface area contributed by atoms with Gasteiger partial charge in [0, 0.05) is 18.0 Å². The summed E-state index contributed by atoms with van der Waals surface area (Å²) in [7, 11) is 2.01. The Morgan fingerprint density at radius 3 is 2.86 bits per heavy atom. The summed E-state index contributed by atoms with van der Waals surface area (Å²) < 4.78 is 0. The van der Waals surface area contributed by atoms with E-state index < -0.39 is 0 Å². The summed E-state index contributed by atoms with van der Waals surface area (Å²) in [6.07, 6.45) is 3.24. The molecule has 1 unspecified atom stereocenters. The monoisotopic (exact) mass is 320 g/mol. The van der Waals surface area contributed by atoms with Gasteiger partial charge in [-0.2, -0.15) is 0 Å². The molecule has 0 N–H and O–H groups in total. The molecule has 1 atom stereocenters. The van der Waals surface area contributed by atoms with Crippen LogP contribution in [0.15, 0.2) is 24.3 Å². The van der Waals surface area contributed by atoms with Gasteiger partial charge in [-0.05, 0) is 37.5 Å². The summed E-state index contributed by atoms with van der Waals surface area (Å²) in [5.41, 5.74) is 2.12. The lowest BCUT2D eigenvalue weighted by atomic mass is 10.1. The van der Waals surface area contributed by atoms with Gasteiger partial charge < -0.3 is 4.90 Å². The quantitative estimate of drug-likeness (QED) is 0.750. The van der Waals surface area contributed by atoms with Crippen LogP contribution in [0.5, 0.6) is 0 Å². The van der Waals surface area contributed by atoms with Crippen LogP contribution in [0.4, 0.5) is 5.13 Å². The first kappa shape index (κ1) is 14.5. The number of carbonyl (C=O) groups is 1. The van der Waals surface area contributed by atoms with Gasteiger partial charge in [-0.1, -0.05) is 35.1 Å². The van der Waals surface area contributed by atoms with Gasteiger partial charge in [0.2, 0.25) is 0 Å². The van der Waals surface area contributed by atoms with Crippen LogP contribution in [-0.4, -0.2) is 18.3 Å². The van der Waals surface area contributed by atoms with E-state index in [-0.39, 0.29) is 6.04 Å². The predicted octanol–water partition coefficient (Wildman–Crippen LogP) is 4.68. The van der Waals surface area contributed by atoms with Crippen molar-refractivity contribution in [2.24, 2.45) is 0 Å². The molecule has 1 heterocycles. The second-order valence-electron chi connectivity index (χ2n) is 5.48. The molecule has 0 radical (unpaired) electrons. The number of halogens is 1. The molecule has 0 amide bonds. The van der Waals surface area contributed by atoms with Gasteiger partial charge in [-0.3, -0.25) is 4.79 Å². The Hall–Kier alpha value is -1.39. The fraction of sp³-hybridized carbons (Fsp3) is 0.375. The lowest BCUT2D eigenvalue weighted by Gasteiger charge is -2.24. The maximum Gasteiger partial charge on any atom is 0.186 e. The van der Waals surface area contributed by atoms with Crippen LogP contribution in [0.25, 0.3) is 0 Å². The highest BCUT2D eigenvalue weighted by Gasteiger charge is 2.30. The Kier molecular flexibility index (Phi) is 4.00. The van der Waals surface area contributed by atoms with E-state index in [2.05, 4.69) is 17.9 Å². The zero-order chi connectivity index (χ0) is 15.0. The molecule has 1 aromatic carbocycles. The van der Waals surface area contributed by atoms with Crippen LogP contribution in [0.1, 0.15) is 52.7 Å². The number of hydrogen-bond acceptors (Lipinski definition) is 4. The smallest absolute Gasteiger partial charge is 0.186 e. The largest absolute Gasteiger partial charge is 0.344 e. The van der Waals surface area contributed by atoms with Crippen LogP contribution in [0.2, 0.25) is 5.02 Å². The van der Waals surface area contributed by atoms with E-state index >= 15 is 0 Å². The number of thiazole rings is 1. The molecule has 1 aromatic heterocycles. The number of benzene rings is 1. The third-order valence-electron chi connectivity index (χ3n) is 3.95. The Bertz CT molecular complexity index is 666. The van der Waals surface area contributed by atoms with Crippen LogP contribution >= 0.6 is 22.9 Å². The van der Waals surface area contributed by atoms with Crippen molar-refractivity contribution in [2.75, 3.05) is 11.9 Å². The van der Waals surface area contributed by atoms with Crippen LogP contribution in [0.3, 0.4) is 0 Å². The number of aldehydes is 1. The highest BCUT2D eigenvalue weighted by Crippen LogP contribution is 2.44. The summed E-state index contributed by atoms with van der Waals surface area (Å²) in [5.74, 6) is 0.491. The third-order valence-corrected chi connectivity index (χ3v) is 5.28. The second kappa shape index (κ2) is 5.78. The molecule has 3 rings (SSSR count). The Labute approximate surface area is 133 Å². The molecule has 0 saturated heterocycles. The minimum Gasteiger partial charge on any atom is -0.344 e. The van der Waals surface area contributed by atoms with Crippen LogP contribution in [0, 0.1) is 0 Å². The van der Waals surface area contributed by atoms with Gasteiger partial charge in [0.1, 0.15) is 0 Å². The van der Waals surface area contributed by atoms with Crippen molar-refractivity contribution in [3.63, 3.8) is 0 Å². The van der Waals surface area contributed by atoms with Gasteiger partial charge in [0.05, 0.1) is 16.6 Å². The molecule has 1 aliphatic carbocycles. The lowest BCUT2D eigenvalue weighted by molar-refractivity contribution is 0.112. The van der Waals surface area contributed by atoms with Gasteiger partial charge in [0.25, 0.3) is 0 Å². The maximum atomic E-state index is 11.2. The minimum atomic E-state index is 0.154. The number of anilines is 1. The van der Waals surface area contributed by atoms with Gasteiger partial charge in [-0.25, -0.2) is 4.98 Å². The predicted molar refractivity (Wildman–Crippen MR) is 87.7 cm³/mol. The number of nitrogens with zero attached hydrogens (tertiary/aromatic N) is 2. The van der Waals surface area contributed by atoms with E-state index in [0.29, 0.717) is 5.92 Å². The zero-order valence-corrected chi connectivity index (χ0v) is 13.6. The minimum absolute atomic E-state index is 0.154. The van der Waals surface area contributed by atoms with Crippen molar-refractivity contribution >= 4 is 34.4 Å². The molecule has 1 fully saturated rings. The fourth-order valence-corrected chi connectivity index (χ4v) is 3.58. The molecule has 0 aliphatic heterocycles. The second-order valence-corrected chi connectivity index (χ2v) is 6.93. The van der Waals surface area contributed by atoms with E-state index in [4.69, 9.17) is 16.6 Å². The fourth-order valence-electron chi connectivity index (χ4n) is 2.37. The third kappa shape index (κ3) is 2.97. The average Bonchev–Trinajstić information content (AvgIpc) is 3.24. The first-order valence-electron chi connectivity index (χ1n) is 7.04. The van der Waals surface area contributed by atoms with Crippen molar-refractivity contribution in [2.45, 2.75) is 31.7 Å². The number of carbonyl (C=O) groups excluding carboxylic acids is 1. The highest BCUT2D eigenvalue weighted by atomic mass is 35.5. The van der Waals surface area contributed by atoms with Gasteiger partial charge in [0.15, 0.2) is 11.4 Å². The van der Waals surface area contributed by atoms with E-state index in [1.54, 1.807) is 0 Å². The van der Waals surface area contributed by atoms with Gasteiger partial charge >= 0.3 is 0 Å². The van der Waals surface area contributed by atoms with Crippen LogP contribution in [-0.2, 0) is 0 Å². The standard InChI is InChI=1S/C16H17ClN2OS/c1-10(12-4-3-5-13(17)8-12)19(2)16-18-15(11-6-7-11)14(9-20)21-16/h3-5,8-11H,6-7H2,1-2H3. The molecule has 0 spiro atoms. The molecule has 3 nitrogen and oxygen atoms in total. The maximum absolute atomic E-state index is 11.2. The molecule has 2 aromatic rings. The molecule has 5 heteroatoms. The summed E-state index contributed by atoms with van der Waals surface area (Å²) in [5, 5.41) is 1.63. The number of rotatable bonds is 5. The topological polar surface area (TPSA) is 33.2 Å². The van der Waals surface area contributed by atoms with E-state index in [9.17, 15) is 4.79 Å². The Morgan fingerprint density at radius 2 is 2.24 bits per heavy atom. The molecule has 1 saturated carbocycles. The molecular weight excluding hydrogens is 304 g/mol. The average molecular weight is 321 g/mol. The summed E-state index contributed by atoms with van der Waals surface area (Å²) in [6.45, 7) is 2.12. The molecule has 21 heavy (non-hydrogen) atoms. The van der Waals surface area contributed by atoms with Crippen molar-refractivity contribution in [3.05, 3.63) is 45.4 Å². The van der Waals surface area contributed by atoms with Crippen molar-refractivity contribution in [1.29, 1.82) is 0 Å².